The van der Waals surface area contributed by atoms with Gasteiger partial charge < -0.3 is 14.8 Å². The van der Waals surface area contributed by atoms with Gasteiger partial charge in [-0.3, -0.25) is 9.69 Å². The summed E-state index contributed by atoms with van der Waals surface area (Å²) >= 11 is 0. The molecule has 0 amide bonds. The van der Waals surface area contributed by atoms with Gasteiger partial charge in [0.2, 0.25) is 0 Å². The normalized spacial score (nSPS) is 34.5. The molecule has 1 N–H and O–H groups in total. The summed E-state index contributed by atoms with van der Waals surface area (Å²) in [5.41, 5.74) is -0.472. The fourth-order valence-electron chi connectivity index (χ4n) is 3.59. The molecule has 2 aliphatic rings. The Hall–Kier alpha value is -0.650. The SMILES string of the molecule is CCCNC1(C(=O)OC)CCC(N2CCC(OC)C2)C1. The van der Waals surface area contributed by atoms with Crippen molar-refractivity contribution in [3.8, 4) is 0 Å². The largest absolute Gasteiger partial charge is 0.468 e. The van der Waals surface area contributed by atoms with E-state index in [2.05, 4.69) is 17.1 Å². The molecular formula is C15H28N2O3. The molecule has 1 saturated carbocycles. The van der Waals surface area contributed by atoms with Crippen LogP contribution in [0.15, 0.2) is 0 Å². The van der Waals surface area contributed by atoms with Crippen molar-refractivity contribution in [1.29, 1.82) is 0 Å². The van der Waals surface area contributed by atoms with Gasteiger partial charge in [0, 0.05) is 26.2 Å². The highest BCUT2D eigenvalue weighted by Crippen LogP contribution is 2.35. The molecule has 116 valence electrons. The Labute approximate surface area is 122 Å². The van der Waals surface area contributed by atoms with Gasteiger partial charge in [-0.1, -0.05) is 6.92 Å². The fourth-order valence-corrected chi connectivity index (χ4v) is 3.59. The molecule has 3 unspecified atom stereocenters. The number of esters is 1. The van der Waals surface area contributed by atoms with Gasteiger partial charge in [-0.2, -0.15) is 0 Å². The first-order valence-electron chi connectivity index (χ1n) is 7.75. The summed E-state index contributed by atoms with van der Waals surface area (Å²) in [6, 6.07) is 0.471. The summed E-state index contributed by atoms with van der Waals surface area (Å²) < 4.78 is 10.5. The predicted molar refractivity (Wildman–Crippen MR) is 77.7 cm³/mol. The highest BCUT2D eigenvalue weighted by atomic mass is 16.5. The van der Waals surface area contributed by atoms with Crippen molar-refractivity contribution in [1.82, 2.24) is 10.2 Å². The molecule has 1 saturated heterocycles. The van der Waals surface area contributed by atoms with E-state index in [4.69, 9.17) is 9.47 Å². The van der Waals surface area contributed by atoms with Crippen LogP contribution in [-0.2, 0) is 14.3 Å². The molecule has 0 bridgehead atoms. The third kappa shape index (κ3) is 3.15. The summed E-state index contributed by atoms with van der Waals surface area (Å²) in [7, 11) is 3.27. The summed E-state index contributed by atoms with van der Waals surface area (Å²) in [5.74, 6) is -0.101. The van der Waals surface area contributed by atoms with E-state index in [1.54, 1.807) is 7.11 Å². The molecule has 0 aromatic heterocycles. The van der Waals surface area contributed by atoms with Gasteiger partial charge >= 0.3 is 5.97 Å². The van der Waals surface area contributed by atoms with Gasteiger partial charge in [-0.05, 0) is 38.6 Å². The van der Waals surface area contributed by atoms with Gasteiger partial charge in [-0.15, -0.1) is 0 Å². The fraction of sp³-hybridized carbons (Fsp3) is 0.933. The zero-order valence-electron chi connectivity index (χ0n) is 13.0. The lowest BCUT2D eigenvalue weighted by Gasteiger charge is -2.30. The number of hydrogen-bond donors (Lipinski definition) is 1. The number of rotatable bonds is 6. The summed E-state index contributed by atoms with van der Waals surface area (Å²) in [6.45, 7) is 5.05. The van der Waals surface area contributed by atoms with Crippen LogP contribution < -0.4 is 5.32 Å². The highest BCUT2D eigenvalue weighted by molar-refractivity contribution is 5.81. The number of carbonyl (C=O) groups excluding carboxylic acids is 1. The smallest absolute Gasteiger partial charge is 0.326 e. The molecule has 2 fully saturated rings. The number of nitrogens with zero attached hydrogens (tertiary/aromatic N) is 1. The first-order chi connectivity index (χ1) is 9.65. The molecule has 1 aliphatic carbocycles. The lowest BCUT2D eigenvalue weighted by molar-refractivity contribution is -0.148. The molecule has 3 atom stereocenters. The van der Waals surface area contributed by atoms with Crippen LogP contribution in [0.1, 0.15) is 39.0 Å². The van der Waals surface area contributed by atoms with Crippen molar-refractivity contribution in [2.24, 2.45) is 0 Å². The lowest BCUT2D eigenvalue weighted by Crippen LogP contribution is -2.52. The molecule has 5 heteroatoms. The van der Waals surface area contributed by atoms with Gasteiger partial charge in [0.25, 0.3) is 0 Å². The predicted octanol–water partition coefficient (Wildman–Crippen LogP) is 1.17. The Bertz CT molecular complexity index is 337. The van der Waals surface area contributed by atoms with E-state index >= 15 is 0 Å². The highest BCUT2D eigenvalue weighted by Gasteiger charge is 2.48. The zero-order valence-corrected chi connectivity index (χ0v) is 13.0. The molecule has 0 aromatic rings. The van der Waals surface area contributed by atoms with Gasteiger partial charge in [0.15, 0.2) is 0 Å². The standard InChI is InChI=1S/C15H28N2O3/c1-4-8-16-15(14(18)20-3)7-5-12(10-15)17-9-6-13(11-17)19-2/h12-13,16H,4-11H2,1-3H3. The molecule has 0 spiro atoms. The summed E-state index contributed by atoms with van der Waals surface area (Å²) in [5, 5.41) is 3.44. The maximum absolute atomic E-state index is 12.2. The van der Waals surface area contributed by atoms with E-state index in [-0.39, 0.29) is 5.97 Å². The first kappa shape index (κ1) is 15.7. The number of carbonyl (C=O) groups is 1. The zero-order chi connectivity index (χ0) is 14.6. The van der Waals surface area contributed by atoms with Gasteiger partial charge in [-0.25, -0.2) is 0 Å². The molecule has 1 heterocycles. The van der Waals surface area contributed by atoms with Crippen molar-refractivity contribution >= 4 is 5.97 Å². The number of ether oxygens (including phenoxy) is 2. The van der Waals surface area contributed by atoms with Crippen molar-refractivity contribution in [2.45, 2.75) is 56.7 Å². The third-order valence-electron chi connectivity index (χ3n) is 4.80. The van der Waals surface area contributed by atoms with E-state index < -0.39 is 5.54 Å². The Balaban J connectivity index is 1.98. The van der Waals surface area contributed by atoms with Crippen LogP contribution in [0.2, 0.25) is 0 Å². The van der Waals surface area contributed by atoms with Crippen LogP contribution in [0.3, 0.4) is 0 Å². The molecular weight excluding hydrogens is 256 g/mol. The van der Waals surface area contributed by atoms with E-state index in [1.165, 1.54) is 7.11 Å². The number of nitrogens with one attached hydrogen (secondary N) is 1. The molecule has 20 heavy (non-hydrogen) atoms. The van der Waals surface area contributed by atoms with Crippen LogP contribution >= 0.6 is 0 Å². The van der Waals surface area contributed by atoms with Crippen LogP contribution in [0, 0.1) is 0 Å². The minimum absolute atomic E-state index is 0.101. The molecule has 5 nitrogen and oxygen atoms in total. The summed E-state index contributed by atoms with van der Waals surface area (Å²) in [6.07, 6.45) is 5.27. The van der Waals surface area contributed by atoms with Crippen LogP contribution in [0.5, 0.6) is 0 Å². The second-order valence-electron chi connectivity index (χ2n) is 6.04. The minimum Gasteiger partial charge on any atom is -0.468 e. The van der Waals surface area contributed by atoms with E-state index in [0.29, 0.717) is 12.1 Å². The molecule has 0 radical (unpaired) electrons. The number of hydrogen-bond acceptors (Lipinski definition) is 5. The Morgan fingerprint density at radius 2 is 2.20 bits per heavy atom. The van der Waals surface area contributed by atoms with Crippen LogP contribution in [-0.4, -0.2) is 62.4 Å². The minimum atomic E-state index is -0.472. The second-order valence-corrected chi connectivity index (χ2v) is 6.04. The molecule has 2 rings (SSSR count). The number of likely N-dealkylation sites (tertiary alicyclic amines) is 1. The number of methoxy groups -OCH3 is 2. The second kappa shape index (κ2) is 6.87. The average molecular weight is 284 g/mol. The van der Waals surface area contributed by atoms with E-state index in [0.717, 1.165) is 51.7 Å². The van der Waals surface area contributed by atoms with E-state index in [1.807, 2.05) is 0 Å². The molecule has 0 aromatic carbocycles. The Morgan fingerprint density at radius 3 is 2.80 bits per heavy atom. The van der Waals surface area contributed by atoms with Crippen molar-refractivity contribution in [3.63, 3.8) is 0 Å². The average Bonchev–Trinajstić information content (AvgIpc) is 3.11. The van der Waals surface area contributed by atoms with Crippen LogP contribution in [0.25, 0.3) is 0 Å². The third-order valence-corrected chi connectivity index (χ3v) is 4.80. The van der Waals surface area contributed by atoms with Crippen molar-refractivity contribution in [3.05, 3.63) is 0 Å². The quantitative estimate of drug-likeness (QED) is 0.742. The maximum atomic E-state index is 12.2. The van der Waals surface area contributed by atoms with Crippen molar-refractivity contribution in [2.75, 3.05) is 33.9 Å². The van der Waals surface area contributed by atoms with Gasteiger partial charge in [0.05, 0.1) is 13.2 Å². The van der Waals surface area contributed by atoms with Crippen LogP contribution in [0.4, 0.5) is 0 Å². The topological polar surface area (TPSA) is 50.8 Å². The first-order valence-corrected chi connectivity index (χ1v) is 7.75. The Kier molecular flexibility index (Phi) is 5.41. The monoisotopic (exact) mass is 284 g/mol. The maximum Gasteiger partial charge on any atom is 0.326 e. The van der Waals surface area contributed by atoms with Gasteiger partial charge in [0.1, 0.15) is 5.54 Å². The lowest BCUT2D eigenvalue weighted by atomic mass is 9.97. The summed E-state index contributed by atoms with van der Waals surface area (Å²) in [4.78, 5) is 14.7. The van der Waals surface area contributed by atoms with E-state index in [9.17, 15) is 4.79 Å². The Morgan fingerprint density at radius 1 is 1.40 bits per heavy atom. The molecule has 1 aliphatic heterocycles. The van der Waals surface area contributed by atoms with Crippen molar-refractivity contribution < 1.29 is 14.3 Å².